The second kappa shape index (κ2) is 7.78. The van der Waals surface area contributed by atoms with Gasteiger partial charge in [-0.1, -0.05) is 17.7 Å². The molecule has 1 N–H and O–H groups in total. The molecule has 0 amide bonds. The summed E-state index contributed by atoms with van der Waals surface area (Å²) in [5.74, 6) is 0. The number of benzene rings is 1. The normalized spacial score (nSPS) is 19.4. The lowest BCUT2D eigenvalue weighted by molar-refractivity contribution is -0.384. The van der Waals surface area contributed by atoms with Crippen molar-refractivity contribution in [2.45, 2.75) is 25.4 Å². The number of hydrogen-bond acceptors (Lipinski definition) is 4. The fourth-order valence-electron chi connectivity index (χ4n) is 2.49. The summed E-state index contributed by atoms with van der Waals surface area (Å²) in [4.78, 5) is 12.7. The fourth-order valence-corrected chi connectivity index (χ4v) is 2.68. The van der Waals surface area contributed by atoms with Gasteiger partial charge in [-0.15, -0.1) is 12.4 Å². The highest BCUT2D eigenvalue weighted by Crippen LogP contribution is 2.26. The minimum absolute atomic E-state index is 0. The standard InChI is InChI=1S/C13H18ClN3O2.ClH/c1-15-11-3-2-6-16(9-11)8-10-4-5-12(14)13(7-10)17(18)19;/h4-5,7,11,15H,2-3,6,8-9H2,1H3;1H. The number of piperidine rings is 1. The van der Waals surface area contributed by atoms with Gasteiger partial charge in [-0.2, -0.15) is 0 Å². The van der Waals surface area contributed by atoms with E-state index in [1.54, 1.807) is 12.1 Å². The first-order chi connectivity index (χ1) is 9.10. The van der Waals surface area contributed by atoms with Crippen molar-refractivity contribution in [2.75, 3.05) is 20.1 Å². The van der Waals surface area contributed by atoms with E-state index in [1.165, 1.54) is 6.42 Å². The van der Waals surface area contributed by atoms with Crippen LogP contribution in [0.3, 0.4) is 0 Å². The highest BCUT2D eigenvalue weighted by atomic mass is 35.5. The zero-order chi connectivity index (χ0) is 13.8. The van der Waals surface area contributed by atoms with Gasteiger partial charge in [-0.25, -0.2) is 0 Å². The van der Waals surface area contributed by atoms with Crippen molar-refractivity contribution in [1.29, 1.82) is 0 Å². The minimum atomic E-state index is -0.432. The molecule has 1 saturated heterocycles. The zero-order valence-electron chi connectivity index (χ0n) is 11.3. The number of nitro groups is 1. The van der Waals surface area contributed by atoms with Crippen LogP contribution in [0, 0.1) is 10.1 Å². The summed E-state index contributed by atoms with van der Waals surface area (Å²) < 4.78 is 0. The SMILES string of the molecule is CNC1CCCN(Cc2ccc(Cl)c([N+](=O)[O-])c2)C1.Cl. The smallest absolute Gasteiger partial charge is 0.288 e. The molecule has 1 heterocycles. The molecule has 0 aromatic heterocycles. The predicted molar refractivity (Wildman–Crippen MR) is 82.7 cm³/mol. The summed E-state index contributed by atoms with van der Waals surface area (Å²) >= 11 is 5.81. The van der Waals surface area contributed by atoms with Crippen LogP contribution >= 0.6 is 24.0 Å². The molecule has 112 valence electrons. The number of nitrogens with one attached hydrogen (secondary N) is 1. The van der Waals surface area contributed by atoms with Crippen LogP contribution in [0.1, 0.15) is 18.4 Å². The van der Waals surface area contributed by atoms with Crippen LogP contribution in [-0.2, 0) is 6.54 Å². The molecule has 7 heteroatoms. The molecule has 0 bridgehead atoms. The van der Waals surface area contributed by atoms with Gasteiger partial charge >= 0.3 is 0 Å². The Kier molecular flexibility index (Phi) is 6.68. The summed E-state index contributed by atoms with van der Waals surface area (Å²) in [7, 11) is 1.97. The van der Waals surface area contributed by atoms with Gasteiger partial charge in [-0.3, -0.25) is 15.0 Å². The molecule has 1 fully saturated rings. The Morgan fingerprint density at radius 3 is 2.95 bits per heavy atom. The van der Waals surface area contributed by atoms with Crippen LogP contribution in [0.5, 0.6) is 0 Å². The van der Waals surface area contributed by atoms with Crippen LogP contribution in [0.25, 0.3) is 0 Å². The van der Waals surface area contributed by atoms with Crippen LogP contribution in [0.15, 0.2) is 18.2 Å². The molecule has 1 aromatic carbocycles. The molecule has 1 aliphatic rings. The van der Waals surface area contributed by atoms with E-state index in [0.717, 1.165) is 31.6 Å². The molecule has 0 radical (unpaired) electrons. The van der Waals surface area contributed by atoms with Gasteiger partial charge in [0.1, 0.15) is 5.02 Å². The molecular weight excluding hydrogens is 301 g/mol. The summed E-state index contributed by atoms with van der Waals surface area (Å²) in [6.07, 6.45) is 2.34. The highest BCUT2D eigenvalue weighted by Gasteiger charge is 2.19. The molecule has 1 unspecified atom stereocenters. The van der Waals surface area contributed by atoms with Crippen molar-refractivity contribution < 1.29 is 4.92 Å². The maximum absolute atomic E-state index is 10.9. The molecule has 20 heavy (non-hydrogen) atoms. The largest absolute Gasteiger partial charge is 0.316 e. The van der Waals surface area contributed by atoms with Gasteiger partial charge in [0.25, 0.3) is 5.69 Å². The van der Waals surface area contributed by atoms with E-state index in [1.807, 2.05) is 13.1 Å². The third kappa shape index (κ3) is 4.31. The van der Waals surface area contributed by atoms with Crippen LogP contribution in [0.4, 0.5) is 5.69 Å². The van der Waals surface area contributed by atoms with Crippen molar-refractivity contribution in [3.05, 3.63) is 38.9 Å². The average molecular weight is 320 g/mol. The first kappa shape index (κ1) is 17.2. The van der Waals surface area contributed by atoms with Gasteiger partial charge in [-0.05, 0) is 38.1 Å². The first-order valence-electron chi connectivity index (χ1n) is 6.42. The van der Waals surface area contributed by atoms with Crippen LogP contribution in [-0.4, -0.2) is 36.0 Å². The van der Waals surface area contributed by atoms with Crippen molar-refractivity contribution in [1.82, 2.24) is 10.2 Å². The Bertz CT molecular complexity index is 471. The predicted octanol–water partition coefficient (Wildman–Crippen LogP) is 2.85. The molecule has 0 spiro atoms. The van der Waals surface area contributed by atoms with E-state index in [0.29, 0.717) is 6.04 Å². The summed E-state index contributed by atoms with van der Waals surface area (Å²) in [6.45, 7) is 2.75. The van der Waals surface area contributed by atoms with Gasteiger partial charge in [0.2, 0.25) is 0 Å². The number of nitrogens with zero attached hydrogens (tertiary/aromatic N) is 2. The number of rotatable bonds is 4. The van der Waals surface area contributed by atoms with E-state index >= 15 is 0 Å². The maximum atomic E-state index is 10.9. The Labute approximate surface area is 129 Å². The van der Waals surface area contributed by atoms with E-state index in [-0.39, 0.29) is 23.1 Å². The fraction of sp³-hybridized carbons (Fsp3) is 0.538. The number of likely N-dealkylation sites (tertiary alicyclic amines) is 1. The van der Waals surface area contributed by atoms with E-state index < -0.39 is 4.92 Å². The van der Waals surface area contributed by atoms with Gasteiger partial charge in [0.05, 0.1) is 4.92 Å². The number of likely N-dealkylation sites (N-methyl/N-ethyl adjacent to an activating group) is 1. The van der Waals surface area contributed by atoms with Crippen molar-refractivity contribution in [3.63, 3.8) is 0 Å². The maximum Gasteiger partial charge on any atom is 0.288 e. The molecule has 0 aliphatic carbocycles. The number of hydrogen-bond donors (Lipinski definition) is 1. The minimum Gasteiger partial charge on any atom is -0.316 e. The summed E-state index contributed by atoms with van der Waals surface area (Å²) in [6, 6.07) is 5.55. The second-order valence-corrected chi connectivity index (χ2v) is 5.31. The average Bonchev–Trinajstić information content (AvgIpc) is 2.41. The van der Waals surface area contributed by atoms with E-state index in [9.17, 15) is 10.1 Å². The molecular formula is C13H19Cl2N3O2. The molecule has 2 rings (SSSR count). The first-order valence-corrected chi connectivity index (χ1v) is 6.80. The van der Waals surface area contributed by atoms with Crippen molar-refractivity contribution >= 4 is 29.7 Å². The van der Waals surface area contributed by atoms with Crippen molar-refractivity contribution in [3.8, 4) is 0 Å². The van der Waals surface area contributed by atoms with Crippen LogP contribution < -0.4 is 5.32 Å². The van der Waals surface area contributed by atoms with E-state index in [4.69, 9.17) is 11.6 Å². The molecule has 1 atom stereocenters. The van der Waals surface area contributed by atoms with E-state index in [2.05, 4.69) is 10.2 Å². The Hall–Kier alpha value is -0.880. The van der Waals surface area contributed by atoms with Gasteiger partial charge in [0.15, 0.2) is 0 Å². The lowest BCUT2D eigenvalue weighted by atomic mass is 10.0. The summed E-state index contributed by atoms with van der Waals surface area (Å²) in [5.41, 5.74) is 0.925. The third-order valence-corrected chi connectivity index (χ3v) is 3.85. The summed E-state index contributed by atoms with van der Waals surface area (Å²) in [5, 5.41) is 14.3. The zero-order valence-corrected chi connectivity index (χ0v) is 12.9. The van der Waals surface area contributed by atoms with Gasteiger partial charge in [0, 0.05) is 25.2 Å². The Morgan fingerprint density at radius 2 is 2.30 bits per heavy atom. The lowest BCUT2D eigenvalue weighted by Crippen LogP contribution is -2.43. The lowest BCUT2D eigenvalue weighted by Gasteiger charge is -2.32. The molecule has 0 saturated carbocycles. The highest BCUT2D eigenvalue weighted by molar-refractivity contribution is 6.32. The number of halogens is 2. The van der Waals surface area contributed by atoms with Crippen LogP contribution in [0.2, 0.25) is 5.02 Å². The third-order valence-electron chi connectivity index (χ3n) is 3.53. The van der Waals surface area contributed by atoms with Crippen molar-refractivity contribution in [2.24, 2.45) is 0 Å². The Morgan fingerprint density at radius 1 is 1.55 bits per heavy atom. The molecule has 1 aromatic rings. The number of nitro benzene ring substituents is 1. The Balaban J connectivity index is 0.00000200. The molecule has 1 aliphatic heterocycles. The quantitative estimate of drug-likeness (QED) is 0.684. The van der Waals surface area contributed by atoms with Gasteiger partial charge < -0.3 is 5.32 Å². The second-order valence-electron chi connectivity index (χ2n) is 4.91. The topological polar surface area (TPSA) is 58.4 Å². The monoisotopic (exact) mass is 319 g/mol. The molecule has 5 nitrogen and oxygen atoms in total.